The van der Waals surface area contributed by atoms with E-state index in [2.05, 4.69) is 37.3 Å². The summed E-state index contributed by atoms with van der Waals surface area (Å²) in [5.74, 6) is 1.27. The van der Waals surface area contributed by atoms with Crippen molar-refractivity contribution in [3.63, 3.8) is 0 Å². The molecule has 0 heterocycles. The molecule has 2 fully saturated rings. The number of rotatable bonds is 4. The predicted molar refractivity (Wildman–Crippen MR) is 79.1 cm³/mol. The number of aliphatic hydroxyl groups excluding tert-OH is 1. The summed E-state index contributed by atoms with van der Waals surface area (Å²) >= 11 is 0. The van der Waals surface area contributed by atoms with Gasteiger partial charge in [-0.15, -0.1) is 0 Å². The zero-order valence-electron chi connectivity index (χ0n) is 12.0. The largest absolute Gasteiger partial charge is 0.392 e. The second-order valence-corrected chi connectivity index (χ2v) is 6.58. The minimum absolute atomic E-state index is 0.0939. The van der Waals surface area contributed by atoms with E-state index in [0.29, 0.717) is 5.92 Å². The summed E-state index contributed by atoms with van der Waals surface area (Å²) in [6, 6.07) is 10.7. The lowest BCUT2D eigenvalue weighted by molar-refractivity contribution is 0.0179. The Bertz CT molecular complexity index is 407. The standard InChI is InChI=1S/C18H26O/c1-2-14-8-6-7-11-16(14)17(19)18(12-13-18)15-9-4-3-5-10-15/h3-5,9-10,14,16-17,19H,2,6-8,11-13H2,1H3. The first kappa shape index (κ1) is 13.2. The van der Waals surface area contributed by atoms with Gasteiger partial charge in [-0.2, -0.15) is 0 Å². The molecule has 3 atom stereocenters. The van der Waals surface area contributed by atoms with Crippen LogP contribution in [0.1, 0.15) is 57.4 Å². The number of hydrogen-bond donors (Lipinski definition) is 1. The Labute approximate surface area is 117 Å². The van der Waals surface area contributed by atoms with Crippen molar-refractivity contribution in [1.29, 1.82) is 0 Å². The third kappa shape index (κ3) is 2.33. The smallest absolute Gasteiger partial charge is 0.0667 e. The lowest BCUT2D eigenvalue weighted by Crippen LogP contribution is -2.39. The van der Waals surface area contributed by atoms with Gasteiger partial charge in [0, 0.05) is 5.41 Å². The van der Waals surface area contributed by atoms with Gasteiger partial charge >= 0.3 is 0 Å². The lowest BCUT2D eigenvalue weighted by atomic mass is 9.70. The van der Waals surface area contributed by atoms with E-state index in [9.17, 15) is 5.11 Å². The second-order valence-electron chi connectivity index (χ2n) is 6.58. The summed E-state index contributed by atoms with van der Waals surface area (Å²) in [7, 11) is 0. The van der Waals surface area contributed by atoms with Crippen molar-refractivity contribution in [3.8, 4) is 0 Å². The molecule has 1 N–H and O–H groups in total. The van der Waals surface area contributed by atoms with Crippen LogP contribution in [0.5, 0.6) is 0 Å². The lowest BCUT2D eigenvalue weighted by Gasteiger charge is -2.38. The first-order valence-corrected chi connectivity index (χ1v) is 8.01. The minimum Gasteiger partial charge on any atom is -0.392 e. The third-order valence-electron chi connectivity index (χ3n) is 5.60. The predicted octanol–water partition coefficient (Wildman–Crippen LogP) is 4.30. The van der Waals surface area contributed by atoms with Gasteiger partial charge < -0.3 is 5.11 Å². The molecule has 3 unspecified atom stereocenters. The highest BCUT2D eigenvalue weighted by Gasteiger charge is 2.53. The van der Waals surface area contributed by atoms with Crippen molar-refractivity contribution in [2.75, 3.05) is 0 Å². The summed E-state index contributed by atoms with van der Waals surface area (Å²) in [6.07, 6.45) is 8.67. The van der Waals surface area contributed by atoms with Crippen LogP contribution in [0.3, 0.4) is 0 Å². The number of benzene rings is 1. The Hall–Kier alpha value is -0.820. The summed E-state index contributed by atoms with van der Waals surface area (Å²) in [6.45, 7) is 2.29. The molecule has 0 aromatic heterocycles. The van der Waals surface area contributed by atoms with E-state index < -0.39 is 0 Å². The first-order chi connectivity index (χ1) is 9.28. The molecule has 2 aliphatic rings. The van der Waals surface area contributed by atoms with Crippen LogP contribution in [0.15, 0.2) is 30.3 Å². The van der Waals surface area contributed by atoms with Crippen LogP contribution in [0.25, 0.3) is 0 Å². The van der Waals surface area contributed by atoms with Gasteiger partial charge in [0.25, 0.3) is 0 Å². The summed E-state index contributed by atoms with van der Waals surface area (Å²) in [5, 5.41) is 11.0. The molecule has 2 saturated carbocycles. The van der Waals surface area contributed by atoms with Crippen LogP contribution in [-0.4, -0.2) is 11.2 Å². The Morgan fingerprint density at radius 1 is 1.16 bits per heavy atom. The minimum atomic E-state index is -0.125. The van der Waals surface area contributed by atoms with Gasteiger partial charge in [-0.3, -0.25) is 0 Å². The Balaban J connectivity index is 1.81. The molecule has 0 spiro atoms. The molecule has 1 nitrogen and oxygen atoms in total. The molecule has 0 bridgehead atoms. The Morgan fingerprint density at radius 2 is 1.84 bits per heavy atom. The van der Waals surface area contributed by atoms with Crippen molar-refractivity contribution in [2.24, 2.45) is 11.8 Å². The maximum absolute atomic E-state index is 11.0. The van der Waals surface area contributed by atoms with Crippen LogP contribution >= 0.6 is 0 Å². The molecule has 1 aromatic carbocycles. The van der Waals surface area contributed by atoms with Gasteiger partial charge in [0.15, 0.2) is 0 Å². The van der Waals surface area contributed by atoms with Gasteiger partial charge in [-0.05, 0) is 36.7 Å². The topological polar surface area (TPSA) is 20.2 Å². The maximum Gasteiger partial charge on any atom is 0.0667 e. The van der Waals surface area contributed by atoms with Gasteiger partial charge in [0.05, 0.1) is 6.10 Å². The Kier molecular flexibility index (Phi) is 3.66. The van der Waals surface area contributed by atoms with E-state index in [1.54, 1.807) is 0 Å². The molecular formula is C18H26O. The fraction of sp³-hybridized carbons (Fsp3) is 0.667. The molecule has 0 amide bonds. The SMILES string of the molecule is CCC1CCCCC1C(O)C1(c2ccccc2)CC1. The highest BCUT2D eigenvalue weighted by atomic mass is 16.3. The van der Waals surface area contributed by atoms with Gasteiger partial charge in [-0.25, -0.2) is 0 Å². The van der Waals surface area contributed by atoms with E-state index in [-0.39, 0.29) is 11.5 Å². The van der Waals surface area contributed by atoms with Gasteiger partial charge in [0.1, 0.15) is 0 Å². The first-order valence-electron chi connectivity index (χ1n) is 8.01. The molecule has 19 heavy (non-hydrogen) atoms. The molecule has 0 saturated heterocycles. The van der Waals surface area contributed by atoms with E-state index >= 15 is 0 Å². The van der Waals surface area contributed by atoms with Crippen molar-refractivity contribution < 1.29 is 5.11 Å². The average Bonchev–Trinajstić information content (AvgIpc) is 3.29. The average molecular weight is 258 g/mol. The molecule has 1 aromatic rings. The molecule has 2 aliphatic carbocycles. The summed E-state index contributed by atoms with van der Waals surface area (Å²) in [5.41, 5.74) is 1.46. The van der Waals surface area contributed by atoms with Crippen LogP contribution in [0.2, 0.25) is 0 Å². The zero-order valence-corrected chi connectivity index (χ0v) is 12.0. The molecule has 1 heteroatoms. The molecular weight excluding hydrogens is 232 g/mol. The molecule has 0 radical (unpaired) electrons. The molecule has 0 aliphatic heterocycles. The van der Waals surface area contributed by atoms with Crippen LogP contribution < -0.4 is 0 Å². The van der Waals surface area contributed by atoms with E-state index in [1.165, 1.54) is 50.5 Å². The van der Waals surface area contributed by atoms with E-state index in [1.807, 2.05) is 0 Å². The van der Waals surface area contributed by atoms with Crippen molar-refractivity contribution in [1.82, 2.24) is 0 Å². The summed E-state index contributed by atoms with van der Waals surface area (Å²) < 4.78 is 0. The maximum atomic E-state index is 11.0. The van der Waals surface area contributed by atoms with Crippen LogP contribution in [0.4, 0.5) is 0 Å². The Morgan fingerprint density at radius 3 is 2.47 bits per heavy atom. The quantitative estimate of drug-likeness (QED) is 0.854. The number of hydrogen-bond acceptors (Lipinski definition) is 1. The van der Waals surface area contributed by atoms with Crippen molar-refractivity contribution >= 4 is 0 Å². The highest BCUT2D eigenvalue weighted by molar-refractivity contribution is 5.33. The van der Waals surface area contributed by atoms with Crippen molar-refractivity contribution in [3.05, 3.63) is 35.9 Å². The fourth-order valence-corrected chi connectivity index (χ4v) is 4.23. The number of aliphatic hydroxyl groups is 1. The van der Waals surface area contributed by atoms with Gasteiger partial charge in [-0.1, -0.05) is 62.9 Å². The van der Waals surface area contributed by atoms with Crippen LogP contribution in [-0.2, 0) is 5.41 Å². The highest BCUT2D eigenvalue weighted by Crippen LogP contribution is 2.55. The molecule has 104 valence electrons. The summed E-state index contributed by atoms with van der Waals surface area (Å²) in [4.78, 5) is 0. The molecule has 3 rings (SSSR count). The van der Waals surface area contributed by atoms with E-state index in [4.69, 9.17) is 0 Å². The van der Waals surface area contributed by atoms with Crippen LogP contribution in [0, 0.1) is 11.8 Å². The zero-order chi connectivity index (χ0) is 13.3. The fourth-order valence-electron chi connectivity index (χ4n) is 4.23. The van der Waals surface area contributed by atoms with Crippen molar-refractivity contribution in [2.45, 2.75) is 63.4 Å². The monoisotopic (exact) mass is 258 g/mol. The van der Waals surface area contributed by atoms with Gasteiger partial charge in [0.2, 0.25) is 0 Å². The normalized spacial score (nSPS) is 30.8. The second kappa shape index (κ2) is 5.28. The van der Waals surface area contributed by atoms with E-state index in [0.717, 1.165) is 5.92 Å². The third-order valence-corrected chi connectivity index (χ3v) is 5.60.